The molecule has 1 aromatic heterocycles. The van der Waals surface area contributed by atoms with E-state index in [1.807, 2.05) is 6.92 Å². The van der Waals surface area contributed by atoms with Crippen molar-refractivity contribution in [1.82, 2.24) is 4.57 Å². The molecule has 0 N–H and O–H groups in total. The molecule has 0 saturated heterocycles. The third-order valence-electron chi connectivity index (χ3n) is 7.36. The van der Waals surface area contributed by atoms with Gasteiger partial charge in [-0.3, -0.25) is 23.7 Å². The monoisotopic (exact) mass is 473 g/mol. The Morgan fingerprint density at radius 3 is 1.60 bits per heavy atom. The number of benzene rings is 3. The van der Waals surface area contributed by atoms with Gasteiger partial charge >= 0.3 is 0 Å². The van der Waals surface area contributed by atoms with E-state index in [9.17, 15) is 19.2 Å². The standard InChI is InChI=1S/C30H35NO4/c1-4-6-8-10-12-20(13-11-9-7-5-2)31-29(34)25-17-23-24(18-26(25)30(31)35)28(33)22-16-19(3)14-15-21(22)27(23)32/h14-18,20H,4-13H2,1-3H3. The number of aryl methyl sites for hydroxylation is 1. The average Bonchev–Trinajstić information content (AvgIpc) is 3.09. The average molecular weight is 474 g/mol. The van der Waals surface area contributed by atoms with E-state index >= 15 is 0 Å². The van der Waals surface area contributed by atoms with Crippen LogP contribution in [-0.2, 0) is 0 Å². The zero-order valence-electron chi connectivity index (χ0n) is 21.1. The molecule has 35 heavy (non-hydrogen) atoms. The van der Waals surface area contributed by atoms with E-state index in [2.05, 4.69) is 13.8 Å². The Morgan fingerprint density at radius 1 is 0.600 bits per heavy atom. The fraction of sp³-hybridized carbons (Fsp3) is 0.467. The van der Waals surface area contributed by atoms with Gasteiger partial charge in [0.15, 0.2) is 10.9 Å². The number of hydrogen-bond donors (Lipinski definition) is 0. The quantitative estimate of drug-likeness (QED) is 0.196. The minimum absolute atomic E-state index is 0.153. The van der Waals surface area contributed by atoms with E-state index in [0.29, 0.717) is 10.8 Å². The first-order chi connectivity index (χ1) is 16.9. The molecule has 4 rings (SSSR count). The molecule has 0 amide bonds. The van der Waals surface area contributed by atoms with Gasteiger partial charge in [-0.05, 0) is 38.0 Å². The molecule has 0 unspecified atom stereocenters. The molecule has 1 heterocycles. The van der Waals surface area contributed by atoms with Crippen LogP contribution in [0.5, 0.6) is 0 Å². The smallest absolute Gasteiger partial charge is 0.261 e. The minimum Gasteiger partial charge on any atom is -0.289 e. The lowest BCUT2D eigenvalue weighted by Gasteiger charge is -2.17. The summed E-state index contributed by atoms with van der Waals surface area (Å²) in [6.07, 6.45) is 10.2. The van der Waals surface area contributed by atoms with Gasteiger partial charge in [0.05, 0.1) is 10.8 Å². The first kappa shape index (κ1) is 25.0. The van der Waals surface area contributed by atoms with Gasteiger partial charge in [-0.2, -0.15) is 0 Å². The topological polar surface area (TPSA) is 73.2 Å². The highest BCUT2D eigenvalue weighted by atomic mass is 16.2. The largest absolute Gasteiger partial charge is 0.289 e. The van der Waals surface area contributed by atoms with Crippen molar-refractivity contribution in [3.05, 3.63) is 77.0 Å². The van der Waals surface area contributed by atoms with Crippen LogP contribution in [0.15, 0.2) is 49.5 Å². The lowest BCUT2D eigenvalue weighted by Crippen LogP contribution is -2.30. The second kappa shape index (κ2) is 10.7. The van der Waals surface area contributed by atoms with E-state index < -0.39 is 0 Å². The Morgan fingerprint density at radius 2 is 1.09 bits per heavy atom. The van der Waals surface area contributed by atoms with Gasteiger partial charge in [-0.15, -0.1) is 0 Å². The summed E-state index contributed by atoms with van der Waals surface area (Å²) in [5.74, 6) is 0. The zero-order valence-corrected chi connectivity index (χ0v) is 21.1. The van der Waals surface area contributed by atoms with Crippen LogP contribution in [-0.4, -0.2) is 4.57 Å². The molecular weight excluding hydrogens is 438 g/mol. The number of nitrogens with zero attached hydrogens (tertiary/aromatic N) is 1. The molecule has 0 atom stereocenters. The van der Waals surface area contributed by atoms with Crippen molar-refractivity contribution in [3.8, 4) is 0 Å². The summed E-state index contributed by atoms with van der Waals surface area (Å²) in [5, 5.41) is 1.65. The molecule has 0 radical (unpaired) electrons. The molecule has 0 aliphatic carbocycles. The fourth-order valence-corrected chi connectivity index (χ4v) is 5.36. The summed E-state index contributed by atoms with van der Waals surface area (Å²) in [6.45, 7) is 6.20. The highest BCUT2D eigenvalue weighted by molar-refractivity contribution is 6.04. The van der Waals surface area contributed by atoms with E-state index in [1.54, 1.807) is 18.2 Å². The molecule has 0 spiro atoms. The third-order valence-corrected chi connectivity index (χ3v) is 7.36. The second-order valence-corrected chi connectivity index (χ2v) is 9.98. The van der Waals surface area contributed by atoms with Gasteiger partial charge in [0.1, 0.15) is 0 Å². The summed E-state index contributed by atoms with van der Waals surface area (Å²) < 4.78 is 1.42. The zero-order chi connectivity index (χ0) is 25.1. The Hall–Kier alpha value is -3.08. The number of hydrogen-bond acceptors (Lipinski definition) is 4. The van der Waals surface area contributed by atoms with Crippen molar-refractivity contribution in [1.29, 1.82) is 0 Å². The summed E-state index contributed by atoms with van der Waals surface area (Å²) in [4.78, 5) is 53.5. The minimum atomic E-state index is -0.335. The molecule has 5 heteroatoms. The van der Waals surface area contributed by atoms with Crippen molar-refractivity contribution < 1.29 is 0 Å². The van der Waals surface area contributed by atoms with Crippen LogP contribution < -0.4 is 22.0 Å². The lowest BCUT2D eigenvalue weighted by atomic mass is 9.99. The molecule has 184 valence electrons. The molecule has 0 fully saturated rings. The van der Waals surface area contributed by atoms with E-state index in [4.69, 9.17) is 0 Å². The van der Waals surface area contributed by atoms with Crippen LogP contribution >= 0.6 is 0 Å². The summed E-state index contributed by atoms with van der Waals surface area (Å²) in [6, 6.07) is 8.01. The van der Waals surface area contributed by atoms with Crippen LogP contribution in [0.1, 0.15) is 89.7 Å². The maximum atomic E-state index is 13.5. The normalized spacial score (nSPS) is 12.0. The predicted octanol–water partition coefficient (Wildman–Crippen LogP) is 6.05. The number of rotatable bonds is 11. The molecule has 5 nitrogen and oxygen atoms in total. The van der Waals surface area contributed by atoms with Gasteiger partial charge in [-0.25, -0.2) is 0 Å². The van der Waals surface area contributed by atoms with Crippen molar-refractivity contribution in [3.63, 3.8) is 0 Å². The Bertz CT molecular complexity index is 1560. The van der Waals surface area contributed by atoms with Crippen LogP contribution in [0.25, 0.3) is 32.3 Å². The van der Waals surface area contributed by atoms with Crippen molar-refractivity contribution in [2.24, 2.45) is 0 Å². The number of unbranched alkanes of at least 4 members (excludes halogenated alkanes) is 6. The van der Waals surface area contributed by atoms with E-state index in [-0.39, 0.29) is 49.6 Å². The van der Waals surface area contributed by atoms with Gasteiger partial charge in [0.2, 0.25) is 0 Å². The summed E-state index contributed by atoms with van der Waals surface area (Å²) in [5.41, 5.74) is -0.319. The molecule has 0 aliphatic rings. The third kappa shape index (κ3) is 4.73. The number of fused-ring (bicyclic) bond motifs is 3. The van der Waals surface area contributed by atoms with Crippen LogP contribution in [0, 0.1) is 6.92 Å². The molecule has 3 aromatic carbocycles. The molecule has 4 aromatic rings. The van der Waals surface area contributed by atoms with Crippen molar-refractivity contribution in [2.45, 2.75) is 91.0 Å². The number of aromatic nitrogens is 1. The maximum Gasteiger partial charge on any atom is 0.261 e. The Balaban J connectivity index is 1.87. The molecule has 0 saturated carbocycles. The SMILES string of the molecule is CCCCCCC(CCCCCC)n1c(=O)c2cc3c(=O)c4ccc(C)cc4c(=O)c3cc2c1=O. The van der Waals surface area contributed by atoms with Crippen molar-refractivity contribution in [2.75, 3.05) is 0 Å². The second-order valence-electron chi connectivity index (χ2n) is 9.98. The van der Waals surface area contributed by atoms with Gasteiger partial charge in [-0.1, -0.05) is 82.9 Å². The highest BCUT2D eigenvalue weighted by Gasteiger charge is 2.22. The highest BCUT2D eigenvalue weighted by Crippen LogP contribution is 2.24. The Labute approximate surface area is 205 Å². The summed E-state index contributed by atoms with van der Waals surface area (Å²) >= 11 is 0. The van der Waals surface area contributed by atoms with Crippen LogP contribution in [0.2, 0.25) is 0 Å². The molecular formula is C30H35NO4. The van der Waals surface area contributed by atoms with Gasteiger partial charge in [0.25, 0.3) is 11.1 Å². The molecule has 0 bridgehead atoms. The Kier molecular flexibility index (Phi) is 7.63. The lowest BCUT2D eigenvalue weighted by molar-refractivity contribution is 0.386. The van der Waals surface area contributed by atoms with Crippen LogP contribution in [0.3, 0.4) is 0 Å². The van der Waals surface area contributed by atoms with E-state index in [0.717, 1.165) is 69.8 Å². The molecule has 0 aliphatic heterocycles. The summed E-state index contributed by atoms with van der Waals surface area (Å²) in [7, 11) is 0. The van der Waals surface area contributed by atoms with Gasteiger partial charge < -0.3 is 0 Å². The first-order valence-electron chi connectivity index (χ1n) is 13.1. The van der Waals surface area contributed by atoms with Crippen LogP contribution in [0.4, 0.5) is 0 Å². The maximum absolute atomic E-state index is 13.5. The fourth-order valence-electron chi connectivity index (χ4n) is 5.36. The predicted molar refractivity (Wildman–Crippen MR) is 146 cm³/mol. The van der Waals surface area contributed by atoms with Gasteiger partial charge in [0, 0.05) is 27.6 Å². The van der Waals surface area contributed by atoms with E-state index in [1.165, 1.54) is 16.7 Å². The first-order valence-corrected chi connectivity index (χ1v) is 13.1. The van der Waals surface area contributed by atoms with Crippen molar-refractivity contribution >= 4 is 32.3 Å².